The number of aromatic nitrogens is 3. The molecule has 0 bridgehead atoms. The second kappa shape index (κ2) is 7.36. The Morgan fingerprint density at radius 1 is 0.677 bits per heavy atom. The molecule has 4 nitrogen and oxygen atoms in total. The maximum Gasteiger partial charge on any atom is 0.471 e. The summed E-state index contributed by atoms with van der Waals surface area (Å²) in [5.74, 6) is -1.53. The second-order valence-corrected chi connectivity index (χ2v) is 7.00. The van der Waals surface area contributed by atoms with E-state index in [1.165, 1.54) is 6.20 Å². The Bertz CT molecular complexity index is 1360. The predicted molar refractivity (Wildman–Crippen MR) is 111 cm³/mol. The zero-order valence-electron chi connectivity index (χ0n) is 16.0. The van der Waals surface area contributed by atoms with E-state index in [2.05, 4.69) is 43.9 Å². The molecule has 0 aliphatic heterocycles. The van der Waals surface area contributed by atoms with Crippen LogP contribution in [-0.4, -0.2) is 15.1 Å². The van der Waals surface area contributed by atoms with Crippen LogP contribution >= 0.6 is 0 Å². The number of hydrogen-bond acceptors (Lipinski definition) is 4. The summed E-state index contributed by atoms with van der Waals surface area (Å²) in [6.45, 7) is 0. The number of halogens is 3. The Morgan fingerprint density at radius 3 is 1.97 bits per heavy atom. The van der Waals surface area contributed by atoms with Gasteiger partial charge in [-0.05, 0) is 40.5 Å². The topological polar surface area (TPSA) is 51.8 Å². The van der Waals surface area contributed by atoms with E-state index >= 15 is 0 Å². The monoisotopic (exact) mass is 417 g/mol. The van der Waals surface area contributed by atoms with Crippen LogP contribution in [0.5, 0.6) is 0 Å². The van der Waals surface area contributed by atoms with Crippen molar-refractivity contribution in [3.8, 4) is 33.6 Å². The summed E-state index contributed by atoms with van der Waals surface area (Å²) in [6.07, 6.45) is -3.25. The van der Waals surface area contributed by atoms with E-state index in [1.807, 2.05) is 48.5 Å². The number of nitrogens with zero attached hydrogens (tertiary/aromatic N) is 3. The van der Waals surface area contributed by atoms with E-state index in [1.54, 1.807) is 6.07 Å². The van der Waals surface area contributed by atoms with Crippen LogP contribution in [0, 0.1) is 0 Å². The smallest absolute Gasteiger partial charge is 0.329 e. The van der Waals surface area contributed by atoms with Crippen molar-refractivity contribution in [3.05, 3.63) is 91.0 Å². The first-order valence-electron chi connectivity index (χ1n) is 9.44. The van der Waals surface area contributed by atoms with Gasteiger partial charge in [-0.15, -0.1) is 0 Å². The maximum absolute atomic E-state index is 12.7. The van der Waals surface area contributed by atoms with Crippen molar-refractivity contribution in [2.75, 3.05) is 0 Å². The van der Waals surface area contributed by atoms with Crippen molar-refractivity contribution >= 4 is 10.9 Å². The molecule has 0 saturated carbocycles. The number of rotatable bonds is 3. The lowest BCUT2D eigenvalue weighted by Crippen LogP contribution is -2.04. The van der Waals surface area contributed by atoms with Gasteiger partial charge in [0.15, 0.2) is 0 Å². The lowest BCUT2D eigenvalue weighted by atomic mass is 9.99. The molecule has 0 spiro atoms. The fourth-order valence-electron chi connectivity index (χ4n) is 3.38. The summed E-state index contributed by atoms with van der Waals surface area (Å²) >= 11 is 0. The first-order chi connectivity index (χ1) is 15.0. The Balaban J connectivity index is 1.49. The van der Waals surface area contributed by atoms with Crippen LogP contribution in [0.1, 0.15) is 5.89 Å². The zero-order valence-corrected chi connectivity index (χ0v) is 16.0. The third kappa shape index (κ3) is 3.77. The quantitative estimate of drug-likeness (QED) is 0.330. The minimum absolute atomic E-state index is 0.153. The number of alkyl halides is 3. The highest BCUT2D eigenvalue weighted by atomic mass is 19.4. The van der Waals surface area contributed by atoms with Gasteiger partial charge >= 0.3 is 12.1 Å². The van der Waals surface area contributed by atoms with Crippen LogP contribution in [0.2, 0.25) is 0 Å². The Hall–Kier alpha value is -4.00. The Morgan fingerprint density at radius 2 is 1.29 bits per heavy atom. The molecule has 7 heteroatoms. The number of fused-ring (bicyclic) bond motifs is 1. The van der Waals surface area contributed by atoms with Crippen molar-refractivity contribution in [1.82, 2.24) is 15.1 Å². The highest BCUT2D eigenvalue weighted by molar-refractivity contribution is 5.87. The largest absolute Gasteiger partial charge is 0.471 e. The van der Waals surface area contributed by atoms with Gasteiger partial charge in [-0.2, -0.15) is 18.2 Å². The minimum Gasteiger partial charge on any atom is -0.329 e. The molecule has 5 rings (SSSR count). The highest BCUT2D eigenvalue weighted by Crippen LogP contribution is 2.31. The first kappa shape index (κ1) is 19.0. The molecule has 0 atom stereocenters. The molecule has 152 valence electrons. The molecular weight excluding hydrogens is 403 g/mol. The van der Waals surface area contributed by atoms with Crippen LogP contribution in [0.15, 0.2) is 89.6 Å². The van der Waals surface area contributed by atoms with Crippen molar-refractivity contribution in [2.24, 2.45) is 0 Å². The number of hydrogen-bond donors (Lipinski definition) is 0. The van der Waals surface area contributed by atoms with Gasteiger partial charge in [0.25, 0.3) is 0 Å². The maximum atomic E-state index is 12.7. The van der Waals surface area contributed by atoms with Gasteiger partial charge in [0.2, 0.25) is 5.82 Å². The van der Waals surface area contributed by atoms with Gasteiger partial charge in [-0.25, -0.2) is 0 Å². The van der Waals surface area contributed by atoms with E-state index in [4.69, 9.17) is 0 Å². The molecule has 0 radical (unpaired) electrons. The van der Waals surface area contributed by atoms with E-state index in [0.29, 0.717) is 11.1 Å². The Kier molecular flexibility index (Phi) is 4.51. The van der Waals surface area contributed by atoms with Crippen molar-refractivity contribution in [1.29, 1.82) is 0 Å². The van der Waals surface area contributed by atoms with E-state index in [-0.39, 0.29) is 5.82 Å². The summed E-state index contributed by atoms with van der Waals surface area (Å²) < 4.78 is 42.5. The molecule has 0 aliphatic rings. The third-order valence-corrected chi connectivity index (χ3v) is 4.93. The Labute approximate surface area is 175 Å². The van der Waals surface area contributed by atoms with Gasteiger partial charge in [0.05, 0.1) is 5.52 Å². The molecule has 5 aromatic rings. The van der Waals surface area contributed by atoms with Gasteiger partial charge in [0, 0.05) is 17.1 Å². The average molecular weight is 417 g/mol. The summed E-state index contributed by atoms with van der Waals surface area (Å²) in [4.78, 5) is 7.75. The van der Waals surface area contributed by atoms with E-state index < -0.39 is 12.1 Å². The molecule has 0 amide bonds. The summed E-state index contributed by atoms with van der Waals surface area (Å²) in [7, 11) is 0. The third-order valence-electron chi connectivity index (χ3n) is 4.93. The molecule has 2 heterocycles. The lowest BCUT2D eigenvalue weighted by molar-refractivity contribution is -0.159. The van der Waals surface area contributed by atoms with Gasteiger partial charge in [-0.3, -0.25) is 4.98 Å². The molecule has 31 heavy (non-hydrogen) atoms. The summed E-state index contributed by atoms with van der Waals surface area (Å²) in [5, 5.41) is 4.20. The fraction of sp³-hybridized carbons (Fsp3) is 0.0417. The first-order valence-corrected chi connectivity index (χ1v) is 9.44. The molecule has 0 unspecified atom stereocenters. The molecule has 2 aromatic heterocycles. The molecule has 3 aromatic carbocycles. The van der Waals surface area contributed by atoms with Crippen LogP contribution < -0.4 is 0 Å². The van der Waals surface area contributed by atoms with Gasteiger partial charge in [-0.1, -0.05) is 65.8 Å². The summed E-state index contributed by atoms with van der Waals surface area (Å²) in [6, 6.07) is 25.8. The van der Waals surface area contributed by atoms with Crippen molar-refractivity contribution in [2.45, 2.75) is 6.18 Å². The highest BCUT2D eigenvalue weighted by Gasteiger charge is 2.38. The predicted octanol–water partition coefficient (Wildman–Crippen LogP) is 6.64. The number of pyridine rings is 1. The van der Waals surface area contributed by atoms with E-state index in [0.717, 1.165) is 27.6 Å². The molecule has 0 fully saturated rings. The van der Waals surface area contributed by atoms with Crippen LogP contribution in [0.3, 0.4) is 0 Å². The number of benzene rings is 3. The second-order valence-electron chi connectivity index (χ2n) is 7.00. The lowest BCUT2D eigenvalue weighted by Gasteiger charge is -2.07. The van der Waals surface area contributed by atoms with Crippen LogP contribution in [-0.2, 0) is 6.18 Å². The molecule has 0 N–H and O–H groups in total. The molecule has 0 saturated heterocycles. The fourth-order valence-corrected chi connectivity index (χ4v) is 3.38. The van der Waals surface area contributed by atoms with Gasteiger partial charge < -0.3 is 4.52 Å². The normalized spacial score (nSPS) is 11.7. The standard InChI is InChI=1S/C24H14F3N3O/c25-24(26,27)23-29-22(30-31-23)20-13-19-12-18(10-11-21(19)28-14-20)17-8-6-16(7-9-17)15-4-2-1-3-5-15/h1-14H. The zero-order chi connectivity index (χ0) is 21.4. The summed E-state index contributed by atoms with van der Waals surface area (Å²) in [5.41, 5.74) is 5.31. The van der Waals surface area contributed by atoms with Gasteiger partial charge in [0.1, 0.15) is 0 Å². The molecular formula is C24H14F3N3O. The van der Waals surface area contributed by atoms with Crippen LogP contribution in [0.25, 0.3) is 44.5 Å². The van der Waals surface area contributed by atoms with E-state index in [9.17, 15) is 13.2 Å². The van der Waals surface area contributed by atoms with Crippen molar-refractivity contribution < 1.29 is 17.7 Å². The SMILES string of the molecule is FC(F)(F)c1nc(-c2cnc3ccc(-c4ccc(-c5ccccc5)cc4)cc3c2)no1. The van der Waals surface area contributed by atoms with Crippen LogP contribution in [0.4, 0.5) is 13.2 Å². The average Bonchev–Trinajstić information content (AvgIpc) is 3.30. The van der Waals surface area contributed by atoms with Crippen molar-refractivity contribution in [3.63, 3.8) is 0 Å². The minimum atomic E-state index is -4.69. The molecule has 0 aliphatic carbocycles.